The molecule has 0 aliphatic carbocycles. The van der Waals surface area contributed by atoms with E-state index in [1.165, 1.54) is 0 Å². The average molecular weight is 296 g/mol. The van der Waals surface area contributed by atoms with Crippen LogP contribution < -0.4 is 5.73 Å². The van der Waals surface area contributed by atoms with Crippen LogP contribution in [0.3, 0.4) is 0 Å². The molecule has 1 aromatic rings. The molecule has 1 rings (SSSR count). The van der Waals surface area contributed by atoms with E-state index in [1.54, 1.807) is 0 Å². The van der Waals surface area contributed by atoms with Crippen molar-refractivity contribution in [2.75, 3.05) is 0 Å². The molecule has 5 heteroatoms. The summed E-state index contributed by atoms with van der Waals surface area (Å²) in [7, 11) is 0. The molecule has 1 atom stereocenters. The van der Waals surface area contributed by atoms with Crippen molar-refractivity contribution >= 4 is 15.9 Å². The second-order valence-electron chi connectivity index (χ2n) is 3.75. The molecule has 0 spiro atoms. The van der Waals surface area contributed by atoms with Gasteiger partial charge >= 0.3 is 6.18 Å². The number of halogens is 4. The number of hydrogen-bond acceptors (Lipinski definition) is 1. The summed E-state index contributed by atoms with van der Waals surface area (Å²) in [5.41, 5.74) is 6.60. The zero-order valence-corrected chi connectivity index (χ0v) is 10.2. The van der Waals surface area contributed by atoms with Gasteiger partial charge in [-0.2, -0.15) is 13.2 Å². The maximum absolute atomic E-state index is 12.0. The van der Waals surface area contributed by atoms with Crippen LogP contribution in [0.1, 0.15) is 18.4 Å². The van der Waals surface area contributed by atoms with Crippen LogP contribution in [0.15, 0.2) is 28.7 Å². The van der Waals surface area contributed by atoms with Crippen LogP contribution in [0.2, 0.25) is 0 Å². The zero-order chi connectivity index (χ0) is 12.2. The number of rotatable bonds is 4. The molecule has 0 bridgehead atoms. The topological polar surface area (TPSA) is 26.0 Å². The molecule has 2 N–H and O–H groups in total. The fraction of sp³-hybridized carbons (Fsp3) is 0.455. The normalized spacial score (nSPS) is 13.8. The Morgan fingerprint density at radius 2 is 2.00 bits per heavy atom. The highest BCUT2D eigenvalue weighted by atomic mass is 79.9. The minimum Gasteiger partial charge on any atom is -0.327 e. The Balaban J connectivity index is 2.43. The average Bonchev–Trinajstić information content (AvgIpc) is 2.14. The fourth-order valence-electron chi connectivity index (χ4n) is 1.42. The summed E-state index contributed by atoms with van der Waals surface area (Å²) in [5, 5.41) is 0. The molecule has 1 nitrogen and oxygen atoms in total. The van der Waals surface area contributed by atoms with E-state index < -0.39 is 18.6 Å². The van der Waals surface area contributed by atoms with E-state index in [9.17, 15) is 13.2 Å². The van der Waals surface area contributed by atoms with E-state index in [0.717, 1.165) is 10.0 Å². The van der Waals surface area contributed by atoms with Crippen LogP contribution in [0.5, 0.6) is 0 Å². The molecule has 90 valence electrons. The summed E-state index contributed by atoms with van der Waals surface area (Å²) < 4.78 is 36.8. The largest absolute Gasteiger partial charge is 0.389 e. The molecule has 0 radical (unpaired) electrons. The third kappa shape index (κ3) is 5.51. The van der Waals surface area contributed by atoms with Crippen LogP contribution in [-0.2, 0) is 6.42 Å². The van der Waals surface area contributed by atoms with Crippen molar-refractivity contribution in [2.45, 2.75) is 31.5 Å². The van der Waals surface area contributed by atoms with E-state index in [1.807, 2.05) is 24.3 Å². The van der Waals surface area contributed by atoms with Gasteiger partial charge in [0.25, 0.3) is 0 Å². The molecule has 0 aliphatic heterocycles. The quantitative estimate of drug-likeness (QED) is 0.901. The van der Waals surface area contributed by atoms with Crippen molar-refractivity contribution in [1.29, 1.82) is 0 Å². The first-order valence-corrected chi connectivity index (χ1v) is 5.73. The second-order valence-corrected chi connectivity index (χ2v) is 4.66. The lowest BCUT2D eigenvalue weighted by Crippen LogP contribution is -2.25. The number of nitrogens with two attached hydrogens (primary N) is 1. The lowest BCUT2D eigenvalue weighted by Gasteiger charge is -2.13. The molecule has 0 fully saturated rings. The van der Waals surface area contributed by atoms with Crippen molar-refractivity contribution in [2.24, 2.45) is 5.73 Å². The van der Waals surface area contributed by atoms with Gasteiger partial charge in [-0.05, 0) is 30.5 Å². The van der Waals surface area contributed by atoms with Crippen LogP contribution in [0, 0.1) is 0 Å². The lowest BCUT2D eigenvalue weighted by molar-refractivity contribution is -0.136. The van der Waals surface area contributed by atoms with Gasteiger partial charge in [-0.1, -0.05) is 28.1 Å². The maximum Gasteiger partial charge on any atom is 0.389 e. The van der Waals surface area contributed by atoms with Crippen molar-refractivity contribution < 1.29 is 13.2 Å². The molecule has 0 amide bonds. The van der Waals surface area contributed by atoms with Crippen molar-refractivity contribution in [1.82, 2.24) is 0 Å². The third-order valence-electron chi connectivity index (χ3n) is 2.19. The summed E-state index contributed by atoms with van der Waals surface area (Å²) in [5.74, 6) is 0. The highest BCUT2D eigenvalue weighted by molar-refractivity contribution is 9.10. The molecule has 0 heterocycles. The molecule has 1 unspecified atom stereocenters. The fourth-order valence-corrected chi connectivity index (χ4v) is 1.86. The van der Waals surface area contributed by atoms with Gasteiger partial charge in [0.15, 0.2) is 0 Å². The van der Waals surface area contributed by atoms with Gasteiger partial charge < -0.3 is 5.73 Å². The first kappa shape index (κ1) is 13.5. The number of alkyl halides is 3. The Kier molecular flexibility index (Phi) is 4.80. The van der Waals surface area contributed by atoms with Gasteiger partial charge in [0.2, 0.25) is 0 Å². The van der Waals surface area contributed by atoms with Crippen LogP contribution in [0.25, 0.3) is 0 Å². The Hall–Kier alpha value is -0.550. The monoisotopic (exact) mass is 295 g/mol. The predicted molar refractivity (Wildman–Crippen MR) is 61.1 cm³/mol. The summed E-state index contributed by atoms with van der Waals surface area (Å²) in [6.07, 6.45) is -4.50. The Morgan fingerprint density at radius 1 is 1.31 bits per heavy atom. The summed E-state index contributed by atoms with van der Waals surface area (Å²) in [6.45, 7) is 0. The smallest absolute Gasteiger partial charge is 0.327 e. The van der Waals surface area contributed by atoms with Gasteiger partial charge in [0.05, 0.1) is 0 Å². The van der Waals surface area contributed by atoms with Crippen molar-refractivity contribution in [3.63, 3.8) is 0 Å². The standard InChI is InChI=1S/C11H13BrF3N/c12-9-3-1-2-8(6-9)7-10(16)4-5-11(13,14)15/h1-3,6,10H,4-5,7,16H2. The van der Waals surface area contributed by atoms with Crippen LogP contribution >= 0.6 is 15.9 Å². The van der Waals surface area contributed by atoms with Crippen LogP contribution in [0.4, 0.5) is 13.2 Å². The SMILES string of the molecule is NC(CCC(F)(F)F)Cc1cccc(Br)c1. The van der Waals surface area contributed by atoms with E-state index in [0.29, 0.717) is 6.42 Å². The minimum absolute atomic E-state index is 0.0317. The molecule has 0 aromatic heterocycles. The van der Waals surface area contributed by atoms with Gasteiger partial charge in [-0.15, -0.1) is 0 Å². The highest BCUT2D eigenvalue weighted by Gasteiger charge is 2.27. The van der Waals surface area contributed by atoms with Gasteiger partial charge in [-0.3, -0.25) is 0 Å². The molecular formula is C11H13BrF3N. The van der Waals surface area contributed by atoms with Gasteiger partial charge in [0.1, 0.15) is 0 Å². The third-order valence-corrected chi connectivity index (χ3v) is 2.68. The Morgan fingerprint density at radius 3 is 2.56 bits per heavy atom. The first-order chi connectivity index (χ1) is 7.37. The number of benzene rings is 1. The number of hydrogen-bond donors (Lipinski definition) is 1. The zero-order valence-electron chi connectivity index (χ0n) is 8.60. The molecule has 16 heavy (non-hydrogen) atoms. The summed E-state index contributed by atoms with van der Waals surface area (Å²) in [6, 6.07) is 6.99. The van der Waals surface area contributed by atoms with E-state index >= 15 is 0 Å². The van der Waals surface area contributed by atoms with E-state index in [-0.39, 0.29) is 6.42 Å². The van der Waals surface area contributed by atoms with Gasteiger partial charge in [-0.25, -0.2) is 0 Å². The first-order valence-electron chi connectivity index (χ1n) is 4.93. The van der Waals surface area contributed by atoms with Crippen molar-refractivity contribution in [3.05, 3.63) is 34.3 Å². The Bertz CT molecular complexity index is 338. The minimum atomic E-state index is -4.12. The predicted octanol–water partition coefficient (Wildman–Crippen LogP) is 3.66. The Labute approximate surface area is 101 Å². The van der Waals surface area contributed by atoms with Crippen LogP contribution in [-0.4, -0.2) is 12.2 Å². The second kappa shape index (κ2) is 5.68. The lowest BCUT2D eigenvalue weighted by atomic mass is 10.0. The molecule has 1 aromatic carbocycles. The summed E-state index contributed by atoms with van der Waals surface area (Å²) in [4.78, 5) is 0. The van der Waals surface area contributed by atoms with E-state index in [4.69, 9.17) is 5.73 Å². The molecule has 0 saturated carbocycles. The molecular weight excluding hydrogens is 283 g/mol. The molecule has 0 aliphatic rings. The highest BCUT2D eigenvalue weighted by Crippen LogP contribution is 2.23. The van der Waals surface area contributed by atoms with E-state index in [2.05, 4.69) is 15.9 Å². The molecule has 0 saturated heterocycles. The van der Waals surface area contributed by atoms with Crippen molar-refractivity contribution in [3.8, 4) is 0 Å². The maximum atomic E-state index is 12.0. The van der Waals surface area contributed by atoms with Gasteiger partial charge in [0, 0.05) is 16.9 Å². The summed E-state index contributed by atoms with van der Waals surface area (Å²) >= 11 is 3.30.